The predicted octanol–water partition coefficient (Wildman–Crippen LogP) is 2.99. The second-order valence-corrected chi connectivity index (χ2v) is 8.29. The molecule has 3 heterocycles. The van der Waals surface area contributed by atoms with Crippen molar-refractivity contribution in [1.29, 1.82) is 0 Å². The fourth-order valence-corrected chi connectivity index (χ4v) is 4.62. The lowest BCUT2D eigenvalue weighted by Gasteiger charge is -2.39. The maximum atomic E-state index is 14.1. The molecule has 0 spiro atoms. The van der Waals surface area contributed by atoms with Gasteiger partial charge in [0, 0.05) is 52.4 Å². The fraction of sp³-hybridized carbons (Fsp3) is 0.333. The Hall–Kier alpha value is -3.62. The number of para-hydroxylation sites is 2. The van der Waals surface area contributed by atoms with Crippen LogP contribution in [-0.2, 0) is 0 Å². The van der Waals surface area contributed by atoms with Gasteiger partial charge in [-0.1, -0.05) is 24.3 Å². The van der Waals surface area contributed by atoms with E-state index in [1.807, 2.05) is 34.1 Å². The SMILES string of the molecule is Nc1c(N2CCN(c3ccccc3F)CC2)ncnc1N1CCN(c2ccccc2F)CC1. The zero-order valence-electron chi connectivity index (χ0n) is 18.4. The van der Waals surface area contributed by atoms with Crippen molar-refractivity contribution in [3.8, 4) is 0 Å². The summed E-state index contributed by atoms with van der Waals surface area (Å²) in [7, 11) is 0. The second kappa shape index (κ2) is 9.09. The molecule has 2 N–H and O–H groups in total. The molecule has 2 aliphatic heterocycles. The first kappa shape index (κ1) is 21.2. The summed E-state index contributed by atoms with van der Waals surface area (Å²) in [5.41, 5.74) is 8.33. The lowest BCUT2D eigenvalue weighted by Crippen LogP contribution is -2.48. The van der Waals surface area contributed by atoms with Gasteiger partial charge in [-0.05, 0) is 24.3 Å². The van der Waals surface area contributed by atoms with Gasteiger partial charge < -0.3 is 25.3 Å². The van der Waals surface area contributed by atoms with Crippen LogP contribution >= 0.6 is 0 Å². The predicted molar refractivity (Wildman–Crippen MR) is 128 cm³/mol. The molecule has 33 heavy (non-hydrogen) atoms. The number of halogens is 2. The first-order chi connectivity index (χ1) is 16.1. The number of rotatable bonds is 4. The van der Waals surface area contributed by atoms with E-state index in [2.05, 4.69) is 19.8 Å². The summed E-state index contributed by atoms with van der Waals surface area (Å²) in [4.78, 5) is 17.3. The normalized spacial score (nSPS) is 16.9. The molecule has 0 bridgehead atoms. The van der Waals surface area contributed by atoms with Gasteiger partial charge in [0.1, 0.15) is 23.6 Å². The van der Waals surface area contributed by atoms with E-state index >= 15 is 0 Å². The Labute approximate surface area is 192 Å². The summed E-state index contributed by atoms with van der Waals surface area (Å²) in [5, 5.41) is 0. The van der Waals surface area contributed by atoms with Crippen LogP contribution in [0.4, 0.5) is 37.5 Å². The summed E-state index contributed by atoms with van der Waals surface area (Å²) < 4.78 is 28.3. The molecule has 0 atom stereocenters. The molecule has 9 heteroatoms. The third-order valence-corrected chi connectivity index (χ3v) is 6.39. The third kappa shape index (κ3) is 4.22. The molecule has 172 valence electrons. The van der Waals surface area contributed by atoms with Crippen LogP contribution in [0, 0.1) is 11.6 Å². The number of hydrogen-bond acceptors (Lipinski definition) is 7. The number of nitrogens with zero attached hydrogens (tertiary/aromatic N) is 6. The highest BCUT2D eigenvalue weighted by molar-refractivity contribution is 5.76. The molecule has 0 radical (unpaired) electrons. The van der Waals surface area contributed by atoms with E-state index in [0.717, 1.165) is 0 Å². The second-order valence-electron chi connectivity index (χ2n) is 8.29. The number of anilines is 5. The Morgan fingerprint density at radius 3 is 1.33 bits per heavy atom. The van der Waals surface area contributed by atoms with Crippen molar-refractivity contribution in [3.05, 3.63) is 66.5 Å². The van der Waals surface area contributed by atoms with Crippen molar-refractivity contribution in [3.63, 3.8) is 0 Å². The number of nitrogens with two attached hydrogens (primary N) is 1. The van der Waals surface area contributed by atoms with Gasteiger partial charge in [-0.2, -0.15) is 0 Å². The summed E-state index contributed by atoms with van der Waals surface area (Å²) >= 11 is 0. The van der Waals surface area contributed by atoms with Crippen LogP contribution in [0.2, 0.25) is 0 Å². The van der Waals surface area contributed by atoms with Gasteiger partial charge in [-0.25, -0.2) is 18.7 Å². The smallest absolute Gasteiger partial charge is 0.157 e. The zero-order valence-corrected chi connectivity index (χ0v) is 18.4. The van der Waals surface area contributed by atoms with E-state index in [9.17, 15) is 8.78 Å². The monoisotopic (exact) mass is 451 g/mol. The minimum atomic E-state index is -0.204. The van der Waals surface area contributed by atoms with Crippen LogP contribution in [0.15, 0.2) is 54.9 Å². The Bertz CT molecular complexity index is 1030. The van der Waals surface area contributed by atoms with E-state index in [1.54, 1.807) is 18.5 Å². The standard InChI is InChI=1S/C24H27F2N7/c25-18-5-1-3-7-20(18)30-9-13-32(14-10-30)23-22(27)24(29-17-28-23)33-15-11-31(12-16-33)21-8-4-2-6-19(21)26/h1-8,17H,9-16,27H2. The van der Waals surface area contributed by atoms with Crippen molar-refractivity contribution < 1.29 is 8.78 Å². The van der Waals surface area contributed by atoms with Gasteiger partial charge in [-0.3, -0.25) is 0 Å². The van der Waals surface area contributed by atoms with Gasteiger partial charge >= 0.3 is 0 Å². The summed E-state index contributed by atoms with van der Waals surface area (Å²) in [5.74, 6) is 1.02. The summed E-state index contributed by atoms with van der Waals surface area (Å²) in [6.07, 6.45) is 1.55. The number of hydrogen-bond donors (Lipinski definition) is 1. The van der Waals surface area contributed by atoms with Crippen LogP contribution in [0.25, 0.3) is 0 Å². The van der Waals surface area contributed by atoms with Crippen LogP contribution in [-0.4, -0.2) is 62.3 Å². The van der Waals surface area contributed by atoms with Gasteiger partial charge in [0.15, 0.2) is 11.6 Å². The fourth-order valence-electron chi connectivity index (χ4n) is 4.62. The van der Waals surface area contributed by atoms with Crippen LogP contribution in [0.1, 0.15) is 0 Å². The van der Waals surface area contributed by atoms with E-state index in [4.69, 9.17) is 5.73 Å². The maximum Gasteiger partial charge on any atom is 0.157 e. The van der Waals surface area contributed by atoms with Crippen molar-refractivity contribution in [2.24, 2.45) is 0 Å². The molecule has 1 aromatic heterocycles. The zero-order chi connectivity index (χ0) is 22.8. The van der Waals surface area contributed by atoms with Gasteiger partial charge in [0.2, 0.25) is 0 Å². The largest absolute Gasteiger partial charge is 0.393 e. The Morgan fingerprint density at radius 1 is 0.576 bits per heavy atom. The average molecular weight is 452 g/mol. The lowest BCUT2D eigenvalue weighted by molar-refractivity contribution is 0.594. The topological polar surface area (TPSA) is 64.8 Å². The van der Waals surface area contributed by atoms with E-state index < -0.39 is 0 Å². The summed E-state index contributed by atoms with van der Waals surface area (Å²) in [6, 6.07) is 13.7. The molecule has 0 amide bonds. The first-order valence-electron chi connectivity index (χ1n) is 11.2. The molecule has 2 saturated heterocycles. The number of piperazine rings is 2. The quantitative estimate of drug-likeness (QED) is 0.654. The molecule has 7 nitrogen and oxygen atoms in total. The minimum Gasteiger partial charge on any atom is -0.393 e. The highest BCUT2D eigenvalue weighted by atomic mass is 19.1. The van der Waals surface area contributed by atoms with E-state index in [1.165, 1.54) is 12.1 Å². The number of aromatic nitrogens is 2. The molecule has 3 aromatic rings. The summed E-state index contributed by atoms with van der Waals surface area (Å²) in [6.45, 7) is 5.49. The highest BCUT2D eigenvalue weighted by Gasteiger charge is 2.26. The molecular formula is C24H27F2N7. The molecule has 0 unspecified atom stereocenters. The Morgan fingerprint density at radius 2 is 0.939 bits per heavy atom. The average Bonchev–Trinajstić information content (AvgIpc) is 2.85. The van der Waals surface area contributed by atoms with Crippen LogP contribution < -0.4 is 25.3 Å². The molecule has 2 fully saturated rings. The van der Waals surface area contributed by atoms with Gasteiger partial charge in [0.05, 0.1) is 11.4 Å². The Balaban J connectivity index is 1.26. The van der Waals surface area contributed by atoms with Crippen molar-refractivity contribution in [2.45, 2.75) is 0 Å². The molecule has 2 aliphatic rings. The van der Waals surface area contributed by atoms with Crippen molar-refractivity contribution >= 4 is 28.7 Å². The molecule has 0 aliphatic carbocycles. The first-order valence-corrected chi connectivity index (χ1v) is 11.2. The molecule has 2 aromatic carbocycles. The lowest BCUT2D eigenvalue weighted by atomic mass is 10.2. The number of benzene rings is 2. The van der Waals surface area contributed by atoms with Gasteiger partial charge in [-0.15, -0.1) is 0 Å². The molecular weight excluding hydrogens is 424 g/mol. The Kier molecular flexibility index (Phi) is 5.85. The van der Waals surface area contributed by atoms with E-state index in [0.29, 0.717) is 81.1 Å². The van der Waals surface area contributed by atoms with Crippen molar-refractivity contribution in [1.82, 2.24) is 9.97 Å². The molecule has 5 rings (SSSR count). The van der Waals surface area contributed by atoms with Crippen LogP contribution in [0.5, 0.6) is 0 Å². The van der Waals surface area contributed by atoms with Crippen molar-refractivity contribution in [2.75, 3.05) is 77.7 Å². The van der Waals surface area contributed by atoms with Gasteiger partial charge in [0.25, 0.3) is 0 Å². The van der Waals surface area contributed by atoms with Crippen LogP contribution in [0.3, 0.4) is 0 Å². The number of nitrogen functional groups attached to an aromatic ring is 1. The third-order valence-electron chi connectivity index (χ3n) is 6.39. The molecule has 0 saturated carbocycles. The highest BCUT2D eigenvalue weighted by Crippen LogP contribution is 2.31. The minimum absolute atomic E-state index is 0.204. The maximum absolute atomic E-state index is 14.1. The van der Waals surface area contributed by atoms with E-state index in [-0.39, 0.29) is 11.6 Å².